The van der Waals surface area contributed by atoms with Crippen LogP contribution in [-0.4, -0.2) is 19.4 Å². The number of fused-ring (bicyclic) bond motifs is 2. The molecule has 0 N–H and O–H groups in total. The van der Waals surface area contributed by atoms with Crippen LogP contribution in [0.3, 0.4) is 0 Å². The lowest BCUT2D eigenvalue weighted by atomic mass is 10.0. The third kappa shape index (κ3) is 2.35. The van der Waals surface area contributed by atoms with E-state index in [9.17, 15) is 0 Å². The summed E-state index contributed by atoms with van der Waals surface area (Å²) in [6.45, 7) is 2.00. The van der Waals surface area contributed by atoms with Crippen molar-refractivity contribution in [3.63, 3.8) is 0 Å². The van der Waals surface area contributed by atoms with E-state index >= 15 is 0 Å². The molecule has 5 aromatic rings. The quantitative estimate of drug-likeness (QED) is 0.459. The Bertz CT molecular complexity index is 1250. The second-order valence-corrected chi connectivity index (χ2v) is 6.31. The summed E-state index contributed by atoms with van der Waals surface area (Å²) in [5.74, 6) is 0. The van der Waals surface area contributed by atoms with E-state index in [0.29, 0.717) is 0 Å². The zero-order chi connectivity index (χ0) is 17.5. The van der Waals surface area contributed by atoms with Gasteiger partial charge in [-0.25, -0.2) is 4.98 Å². The second kappa shape index (κ2) is 5.77. The van der Waals surface area contributed by atoms with Gasteiger partial charge in [-0.2, -0.15) is 0 Å². The first-order valence-corrected chi connectivity index (χ1v) is 8.56. The molecule has 0 saturated heterocycles. The molecular weight excluding hydrogens is 320 g/mol. The van der Waals surface area contributed by atoms with E-state index in [2.05, 4.69) is 33.7 Å². The predicted molar refractivity (Wildman–Crippen MR) is 104 cm³/mol. The van der Waals surface area contributed by atoms with Gasteiger partial charge in [0.15, 0.2) is 0 Å². The molecule has 0 unspecified atom stereocenters. The normalized spacial score (nSPS) is 11.3. The fourth-order valence-electron chi connectivity index (χ4n) is 3.35. The molecule has 0 atom stereocenters. The Morgan fingerprint density at radius 3 is 2.73 bits per heavy atom. The standard InChI is InChI=1S/C22H16N4/c1-15-6-4-8-19(24-15)21-22(26-13-3-2-9-20(26)25-21)17-10-11-18-16(14-17)7-5-12-23-18/h2-14H,1H3. The molecule has 0 aliphatic carbocycles. The number of benzene rings is 1. The zero-order valence-electron chi connectivity index (χ0n) is 14.3. The number of hydrogen-bond acceptors (Lipinski definition) is 3. The van der Waals surface area contributed by atoms with Crippen molar-refractivity contribution in [3.8, 4) is 22.6 Å². The van der Waals surface area contributed by atoms with Gasteiger partial charge < -0.3 is 0 Å². The lowest BCUT2D eigenvalue weighted by Gasteiger charge is -2.07. The monoisotopic (exact) mass is 336 g/mol. The largest absolute Gasteiger partial charge is 0.299 e. The molecule has 0 aliphatic heterocycles. The number of nitrogens with zero attached hydrogens (tertiary/aromatic N) is 4. The molecule has 0 saturated carbocycles. The maximum atomic E-state index is 4.87. The van der Waals surface area contributed by atoms with E-state index in [4.69, 9.17) is 9.97 Å². The Kier molecular flexibility index (Phi) is 3.28. The minimum Gasteiger partial charge on any atom is -0.299 e. The second-order valence-electron chi connectivity index (χ2n) is 6.31. The summed E-state index contributed by atoms with van der Waals surface area (Å²) < 4.78 is 2.12. The predicted octanol–water partition coefficient (Wildman–Crippen LogP) is 4.92. The van der Waals surface area contributed by atoms with Crippen molar-refractivity contribution >= 4 is 16.6 Å². The SMILES string of the molecule is Cc1cccc(-c2nc3ccccn3c2-c2ccc3ncccc3c2)n1. The number of imidazole rings is 1. The maximum Gasteiger partial charge on any atom is 0.138 e. The molecule has 4 nitrogen and oxygen atoms in total. The molecule has 124 valence electrons. The van der Waals surface area contributed by atoms with Gasteiger partial charge in [-0.05, 0) is 49.4 Å². The first-order chi connectivity index (χ1) is 12.8. The van der Waals surface area contributed by atoms with E-state index in [1.54, 1.807) is 0 Å². The van der Waals surface area contributed by atoms with Gasteiger partial charge in [0.2, 0.25) is 0 Å². The Labute approximate surface area is 150 Å². The van der Waals surface area contributed by atoms with Gasteiger partial charge >= 0.3 is 0 Å². The first-order valence-electron chi connectivity index (χ1n) is 8.56. The summed E-state index contributed by atoms with van der Waals surface area (Å²) >= 11 is 0. The summed E-state index contributed by atoms with van der Waals surface area (Å²) in [6, 6.07) is 22.5. The third-order valence-corrected chi connectivity index (χ3v) is 4.54. The fourth-order valence-corrected chi connectivity index (χ4v) is 3.35. The van der Waals surface area contributed by atoms with Crippen molar-refractivity contribution in [2.24, 2.45) is 0 Å². The van der Waals surface area contributed by atoms with Crippen LogP contribution in [0.1, 0.15) is 5.69 Å². The van der Waals surface area contributed by atoms with Gasteiger partial charge in [0.1, 0.15) is 11.3 Å². The minimum absolute atomic E-state index is 0.884. The summed E-state index contributed by atoms with van der Waals surface area (Å²) in [5, 5.41) is 1.11. The Balaban J connectivity index is 1.83. The number of hydrogen-bond donors (Lipinski definition) is 0. The molecule has 4 aromatic heterocycles. The van der Waals surface area contributed by atoms with Crippen LogP contribution in [0.4, 0.5) is 0 Å². The highest BCUT2D eigenvalue weighted by Crippen LogP contribution is 2.33. The van der Waals surface area contributed by atoms with Crippen LogP contribution in [0.2, 0.25) is 0 Å². The van der Waals surface area contributed by atoms with Crippen LogP contribution < -0.4 is 0 Å². The Morgan fingerprint density at radius 1 is 0.846 bits per heavy atom. The molecule has 5 rings (SSSR count). The van der Waals surface area contributed by atoms with E-state index < -0.39 is 0 Å². The van der Waals surface area contributed by atoms with Crippen LogP contribution >= 0.6 is 0 Å². The molecule has 0 fully saturated rings. The van der Waals surface area contributed by atoms with Crippen LogP contribution in [0.5, 0.6) is 0 Å². The van der Waals surface area contributed by atoms with Gasteiger partial charge in [0, 0.05) is 29.0 Å². The zero-order valence-corrected chi connectivity index (χ0v) is 14.3. The van der Waals surface area contributed by atoms with E-state index in [-0.39, 0.29) is 0 Å². The highest BCUT2D eigenvalue weighted by Gasteiger charge is 2.17. The van der Waals surface area contributed by atoms with E-state index in [0.717, 1.165) is 44.9 Å². The molecule has 4 heteroatoms. The highest BCUT2D eigenvalue weighted by atomic mass is 15.0. The van der Waals surface area contributed by atoms with Crippen LogP contribution in [0.25, 0.3) is 39.2 Å². The van der Waals surface area contributed by atoms with Gasteiger partial charge in [0.25, 0.3) is 0 Å². The molecule has 0 aliphatic rings. The number of rotatable bonds is 2. The van der Waals surface area contributed by atoms with Gasteiger partial charge in [0.05, 0.1) is 16.9 Å². The Morgan fingerprint density at radius 2 is 1.81 bits per heavy atom. The molecular formula is C22H16N4. The topological polar surface area (TPSA) is 43.1 Å². The lowest BCUT2D eigenvalue weighted by Crippen LogP contribution is -1.92. The van der Waals surface area contributed by atoms with Gasteiger partial charge in [-0.15, -0.1) is 0 Å². The van der Waals surface area contributed by atoms with Crippen molar-refractivity contribution in [2.75, 3.05) is 0 Å². The van der Waals surface area contributed by atoms with Gasteiger partial charge in [-0.3, -0.25) is 14.4 Å². The number of aromatic nitrogens is 4. The summed E-state index contributed by atoms with van der Waals surface area (Å²) in [6.07, 6.45) is 3.86. The van der Waals surface area contributed by atoms with Crippen LogP contribution in [0, 0.1) is 6.92 Å². The smallest absolute Gasteiger partial charge is 0.138 e. The summed E-state index contributed by atoms with van der Waals surface area (Å²) in [4.78, 5) is 14.0. The molecule has 1 aromatic carbocycles. The number of pyridine rings is 3. The fraction of sp³-hybridized carbons (Fsp3) is 0.0455. The van der Waals surface area contributed by atoms with Crippen molar-refractivity contribution in [1.82, 2.24) is 19.4 Å². The summed E-state index contributed by atoms with van der Waals surface area (Å²) in [7, 11) is 0. The highest BCUT2D eigenvalue weighted by molar-refractivity contribution is 5.88. The average Bonchev–Trinajstić information content (AvgIpc) is 3.07. The van der Waals surface area contributed by atoms with Gasteiger partial charge in [-0.1, -0.05) is 24.3 Å². The maximum absolute atomic E-state index is 4.87. The van der Waals surface area contributed by atoms with Crippen LogP contribution in [0.15, 0.2) is 79.1 Å². The molecule has 4 heterocycles. The summed E-state index contributed by atoms with van der Waals surface area (Å²) in [5.41, 5.74) is 6.80. The average molecular weight is 336 g/mol. The minimum atomic E-state index is 0.884. The van der Waals surface area contributed by atoms with Crippen molar-refractivity contribution < 1.29 is 0 Å². The number of aryl methyl sites for hydroxylation is 1. The lowest BCUT2D eigenvalue weighted by molar-refractivity contribution is 1.19. The Hall–Kier alpha value is -3.53. The van der Waals surface area contributed by atoms with E-state index in [1.807, 2.05) is 61.8 Å². The van der Waals surface area contributed by atoms with Crippen LogP contribution in [-0.2, 0) is 0 Å². The van der Waals surface area contributed by atoms with Crippen molar-refractivity contribution in [2.45, 2.75) is 6.92 Å². The first kappa shape index (κ1) is 14.8. The van der Waals surface area contributed by atoms with Crippen molar-refractivity contribution in [3.05, 3.63) is 84.8 Å². The molecule has 0 bridgehead atoms. The third-order valence-electron chi connectivity index (χ3n) is 4.54. The van der Waals surface area contributed by atoms with Crippen molar-refractivity contribution in [1.29, 1.82) is 0 Å². The molecule has 26 heavy (non-hydrogen) atoms. The molecule has 0 spiro atoms. The molecule has 0 radical (unpaired) electrons. The molecule has 0 amide bonds. The van der Waals surface area contributed by atoms with E-state index in [1.165, 1.54) is 0 Å².